The Balaban J connectivity index is 2.39. The van der Waals surface area contributed by atoms with E-state index >= 15 is 0 Å². The Morgan fingerprint density at radius 2 is 2.15 bits per heavy atom. The van der Waals surface area contributed by atoms with E-state index in [1.165, 1.54) is 4.90 Å². The fourth-order valence-corrected chi connectivity index (χ4v) is 2.32. The number of piperidine rings is 1. The van der Waals surface area contributed by atoms with Crippen LogP contribution >= 0.6 is 0 Å². The fourth-order valence-electron chi connectivity index (χ4n) is 2.32. The van der Waals surface area contributed by atoms with Gasteiger partial charge in [-0.1, -0.05) is 6.92 Å². The molecule has 0 aromatic heterocycles. The van der Waals surface area contributed by atoms with Crippen molar-refractivity contribution in [3.63, 3.8) is 0 Å². The van der Waals surface area contributed by atoms with E-state index < -0.39 is 12.5 Å². The van der Waals surface area contributed by atoms with E-state index in [-0.39, 0.29) is 18.3 Å². The van der Waals surface area contributed by atoms with Gasteiger partial charge in [-0.2, -0.15) is 0 Å². The first-order valence-corrected chi connectivity index (χ1v) is 7.32. The molecule has 1 saturated heterocycles. The normalized spacial score (nSPS) is 20.4. The van der Waals surface area contributed by atoms with E-state index in [0.717, 1.165) is 12.8 Å². The molecule has 20 heavy (non-hydrogen) atoms. The predicted molar refractivity (Wildman–Crippen MR) is 71.8 cm³/mol. The summed E-state index contributed by atoms with van der Waals surface area (Å²) in [5.74, 6) is -0.179. The Hall–Kier alpha value is -1.33. The predicted octanol–water partition coefficient (Wildman–Crippen LogP) is 2.88. The first kappa shape index (κ1) is 16.7. The molecule has 1 heterocycles. The van der Waals surface area contributed by atoms with Crippen LogP contribution in [0.25, 0.3) is 0 Å². The van der Waals surface area contributed by atoms with Crippen LogP contribution in [-0.4, -0.2) is 43.0 Å². The van der Waals surface area contributed by atoms with Crippen molar-refractivity contribution in [2.75, 3.05) is 19.7 Å². The van der Waals surface area contributed by atoms with Crippen LogP contribution in [0.1, 0.15) is 46.0 Å². The number of alkyl halides is 1. The second-order valence-corrected chi connectivity index (χ2v) is 5.05. The molecule has 0 bridgehead atoms. The molecular weight excluding hydrogens is 265 g/mol. The Labute approximate surface area is 119 Å². The molecular formula is C14H24FNO4. The molecule has 5 nitrogen and oxygen atoms in total. The summed E-state index contributed by atoms with van der Waals surface area (Å²) in [6.07, 6.45) is 0.634. The monoisotopic (exact) mass is 289 g/mol. The lowest BCUT2D eigenvalue weighted by molar-refractivity contribution is -0.144. The first-order valence-electron chi connectivity index (χ1n) is 7.32. The van der Waals surface area contributed by atoms with E-state index in [9.17, 15) is 14.0 Å². The van der Waals surface area contributed by atoms with Crippen LogP contribution < -0.4 is 0 Å². The van der Waals surface area contributed by atoms with Gasteiger partial charge in [-0.15, -0.1) is 0 Å². The minimum Gasteiger partial charge on any atom is -0.466 e. The molecule has 0 N–H and O–H groups in total. The van der Waals surface area contributed by atoms with Crippen LogP contribution in [0.2, 0.25) is 0 Å². The molecule has 2 unspecified atom stereocenters. The Morgan fingerprint density at radius 3 is 2.80 bits per heavy atom. The summed E-state index contributed by atoms with van der Waals surface area (Å²) in [4.78, 5) is 24.7. The SMILES string of the molecule is CCCC(F)OC(=O)N1CCCC(CC(=O)OCC)C1. The maximum atomic E-state index is 13.3. The van der Waals surface area contributed by atoms with Gasteiger partial charge in [-0.25, -0.2) is 9.18 Å². The van der Waals surface area contributed by atoms with Gasteiger partial charge in [0, 0.05) is 19.5 Å². The number of rotatable bonds is 6. The summed E-state index contributed by atoms with van der Waals surface area (Å²) in [6.45, 7) is 4.93. The number of carbonyl (C=O) groups is 2. The highest BCUT2D eigenvalue weighted by atomic mass is 19.1. The van der Waals surface area contributed by atoms with Gasteiger partial charge in [-0.05, 0) is 32.1 Å². The molecule has 2 atom stereocenters. The number of hydrogen-bond donors (Lipinski definition) is 0. The number of likely N-dealkylation sites (tertiary alicyclic amines) is 1. The third kappa shape index (κ3) is 5.75. The number of hydrogen-bond acceptors (Lipinski definition) is 4. The number of ether oxygens (including phenoxy) is 2. The third-order valence-corrected chi connectivity index (χ3v) is 3.28. The average molecular weight is 289 g/mol. The van der Waals surface area contributed by atoms with Gasteiger partial charge < -0.3 is 14.4 Å². The number of carbonyl (C=O) groups excluding carboxylic acids is 2. The molecule has 1 amide bonds. The van der Waals surface area contributed by atoms with Crippen molar-refractivity contribution in [3.8, 4) is 0 Å². The molecule has 0 radical (unpaired) electrons. The van der Waals surface area contributed by atoms with Crippen LogP contribution in [0.3, 0.4) is 0 Å². The van der Waals surface area contributed by atoms with Gasteiger partial charge in [0.1, 0.15) is 0 Å². The van der Waals surface area contributed by atoms with E-state index in [0.29, 0.717) is 32.5 Å². The second kappa shape index (κ2) is 8.76. The highest BCUT2D eigenvalue weighted by Crippen LogP contribution is 2.21. The smallest absolute Gasteiger partial charge is 0.412 e. The molecule has 0 saturated carbocycles. The highest BCUT2D eigenvalue weighted by molar-refractivity contribution is 5.70. The molecule has 0 aromatic carbocycles. The molecule has 116 valence electrons. The summed E-state index contributed by atoms with van der Waals surface area (Å²) < 4.78 is 22.9. The quantitative estimate of drug-likeness (QED) is 0.705. The van der Waals surface area contributed by atoms with Crippen LogP contribution in [-0.2, 0) is 14.3 Å². The van der Waals surface area contributed by atoms with Crippen molar-refractivity contribution in [2.45, 2.75) is 52.3 Å². The van der Waals surface area contributed by atoms with Crippen molar-refractivity contribution in [3.05, 3.63) is 0 Å². The summed E-state index contributed by atoms with van der Waals surface area (Å²) >= 11 is 0. The van der Waals surface area contributed by atoms with Crippen molar-refractivity contribution < 1.29 is 23.5 Å². The Kier molecular flexibility index (Phi) is 7.33. The molecule has 0 aromatic rings. The van der Waals surface area contributed by atoms with Crippen LogP contribution in [0.4, 0.5) is 9.18 Å². The minimum atomic E-state index is -1.54. The molecule has 0 aliphatic carbocycles. The largest absolute Gasteiger partial charge is 0.466 e. The number of esters is 1. The first-order chi connectivity index (χ1) is 9.56. The van der Waals surface area contributed by atoms with Gasteiger partial charge in [0.2, 0.25) is 6.36 Å². The fraction of sp³-hybridized carbons (Fsp3) is 0.857. The van der Waals surface area contributed by atoms with E-state index in [1.807, 2.05) is 6.92 Å². The maximum Gasteiger partial charge on any atom is 0.412 e. The minimum absolute atomic E-state index is 0.0691. The lowest BCUT2D eigenvalue weighted by atomic mass is 9.95. The van der Waals surface area contributed by atoms with Gasteiger partial charge in [0.15, 0.2) is 0 Å². The Bertz CT molecular complexity index is 324. The third-order valence-electron chi connectivity index (χ3n) is 3.28. The lowest BCUT2D eigenvalue weighted by Gasteiger charge is -2.31. The van der Waals surface area contributed by atoms with Gasteiger partial charge >= 0.3 is 12.1 Å². The zero-order chi connectivity index (χ0) is 15.0. The van der Waals surface area contributed by atoms with Crippen molar-refractivity contribution >= 4 is 12.1 Å². The summed E-state index contributed by atoms with van der Waals surface area (Å²) in [5, 5.41) is 0. The number of nitrogens with zero attached hydrogens (tertiary/aromatic N) is 1. The maximum absolute atomic E-state index is 13.3. The summed E-state index contributed by atoms with van der Waals surface area (Å²) in [7, 11) is 0. The summed E-state index contributed by atoms with van der Waals surface area (Å²) in [6, 6.07) is 0. The molecule has 0 spiro atoms. The molecule has 6 heteroatoms. The van der Waals surface area contributed by atoms with Gasteiger partial charge in [0.05, 0.1) is 13.0 Å². The standard InChI is InChI=1S/C14H24FNO4/c1-3-6-12(15)20-14(18)16-8-5-7-11(10-16)9-13(17)19-4-2/h11-12H,3-10H2,1-2H3. The van der Waals surface area contributed by atoms with E-state index in [1.54, 1.807) is 6.92 Å². The van der Waals surface area contributed by atoms with Crippen molar-refractivity contribution in [2.24, 2.45) is 5.92 Å². The number of halogens is 1. The van der Waals surface area contributed by atoms with E-state index in [4.69, 9.17) is 9.47 Å². The molecule has 1 fully saturated rings. The van der Waals surface area contributed by atoms with Crippen LogP contribution in [0.15, 0.2) is 0 Å². The average Bonchev–Trinajstić information content (AvgIpc) is 2.39. The Morgan fingerprint density at radius 1 is 1.40 bits per heavy atom. The van der Waals surface area contributed by atoms with E-state index in [2.05, 4.69) is 0 Å². The highest BCUT2D eigenvalue weighted by Gasteiger charge is 2.27. The van der Waals surface area contributed by atoms with Gasteiger partial charge in [0.25, 0.3) is 0 Å². The zero-order valence-electron chi connectivity index (χ0n) is 12.3. The molecule has 1 aliphatic rings. The van der Waals surface area contributed by atoms with Crippen molar-refractivity contribution in [1.29, 1.82) is 0 Å². The molecule has 1 rings (SSSR count). The number of amides is 1. The van der Waals surface area contributed by atoms with Crippen LogP contribution in [0, 0.1) is 5.92 Å². The topological polar surface area (TPSA) is 55.8 Å². The lowest BCUT2D eigenvalue weighted by Crippen LogP contribution is -2.41. The zero-order valence-corrected chi connectivity index (χ0v) is 12.3. The molecule has 1 aliphatic heterocycles. The van der Waals surface area contributed by atoms with Crippen molar-refractivity contribution in [1.82, 2.24) is 4.90 Å². The summed E-state index contributed by atoms with van der Waals surface area (Å²) in [5.41, 5.74) is 0. The van der Waals surface area contributed by atoms with Gasteiger partial charge in [-0.3, -0.25) is 4.79 Å². The second-order valence-electron chi connectivity index (χ2n) is 5.05. The van der Waals surface area contributed by atoms with Crippen LogP contribution in [0.5, 0.6) is 0 Å².